The quantitative estimate of drug-likeness (QED) is 0.690. The summed E-state index contributed by atoms with van der Waals surface area (Å²) >= 11 is 1.45. The molecule has 1 aliphatic rings. The van der Waals surface area contributed by atoms with E-state index in [2.05, 4.69) is 17.2 Å². The minimum atomic E-state index is -0.499. The van der Waals surface area contributed by atoms with Crippen molar-refractivity contribution in [2.24, 2.45) is 11.7 Å². The Kier molecular flexibility index (Phi) is 4.80. The lowest BCUT2D eigenvalue weighted by Crippen LogP contribution is -2.23. The second-order valence-electron chi connectivity index (χ2n) is 7.24. The number of anilines is 1. The van der Waals surface area contributed by atoms with Gasteiger partial charge in [-0.1, -0.05) is 6.92 Å². The first-order valence-corrected chi connectivity index (χ1v) is 10.1. The first-order valence-electron chi connectivity index (χ1n) is 9.23. The molecule has 4 rings (SSSR count). The van der Waals surface area contributed by atoms with E-state index in [-0.39, 0.29) is 12.5 Å². The van der Waals surface area contributed by atoms with Crippen LogP contribution in [0.1, 0.15) is 39.8 Å². The van der Waals surface area contributed by atoms with Crippen LogP contribution in [0.2, 0.25) is 0 Å². The Morgan fingerprint density at radius 2 is 2.29 bits per heavy atom. The number of amides is 2. The van der Waals surface area contributed by atoms with E-state index >= 15 is 0 Å². The van der Waals surface area contributed by atoms with Crippen molar-refractivity contribution in [1.82, 2.24) is 9.38 Å². The normalized spacial score (nSPS) is 16.0. The summed E-state index contributed by atoms with van der Waals surface area (Å²) in [6.07, 6.45) is 6.51. The number of primary amides is 1. The molecule has 0 saturated carbocycles. The minimum Gasteiger partial charge on any atom is -0.480 e. The lowest BCUT2D eigenvalue weighted by Gasteiger charge is -2.18. The number of nitrogens with zero attached hydrogens (tertiary/aromatic N) is 2. The highest BCUT2D eigenvalue weighted by atomic mass is 32.1. The standard InChI is InChI=1S/C20H22N4O3S/c1-11-5-6-13-15(8-11)28-20(17(13)18(21)26)23-16(25)10-27-14-4-3-7-24-9-12(2)22-19(14)24/h3-4,7,9,11H,5-6,8,10H2,1-2H3,(H2,21,26)(H,23,25). The zero-order valence-electron chi connectivity index (χ0n) is 15.8. The molecule has 7 nitrogen and oxygen atoms in total. The summed E-state index contributed by atoms with van der Waals surface area (Å²) in [6.45, 7) is 3.91. The van der Waals surface area contributed by atoms with Gasteiger partial charge in [0.05, 0.1) is 11.3 Å². The molecule has 3 heterocycles. The van der Waals surface area contributed by atoms with Gasteiger partial charge in [0.15, 0.2) is 18.0 Å². The Balaban J connectivity index is 1.50. The highest BCUT2D eigenvalue weighted by Gasteiger charge is 2.27. The molecule has 0 spiro atoms. The SMILES string of the molecule is Cc1cn2cccc(OCC(=O)Nc3sc4c(c3C(N)=O)CCC(C)C4)c2n1. The molecule has 1 unspecified atom stereocenters. The summed E-state index contributed by atoms with van der Waals surface area (Å²) in [5.41, 5.74) is 8.56. The molecule has 1 aliphatic carbocycles. The van der Waals surface area contributed by atoms with Crippen molar-refractivity contribution >= 4 is 33.8 Å². The molecular weight excluding hydrogens is 376 g/mol. The van der Waals surface area contributed by atoms with E-state index in [0.717, 1.165) is 35.4 Å². The second-order valence-corrected chi connectivity index (χ2v) is 8.35. The van der Waals surface area contributed by atoms with Gasteiger partial charge in [-0.3, -0.25) is 9.59 Å². The molecule has 1 atom stereocenters. The van der Waals surface area contributed by atoms with Gasteiger partial charge in [-0.25, -0.2) is 4.98 Å². The fourth-order valence-corrected chi connectivity index (χ4v) is 5.06. The van der Waals surface area contributed by atoms with Crippen molar-refractivity contribution in [2.75, 3.05) is 11.9 Å². The van der Waals surface area contributed by atoms with Gasteiger partial charge in [0.2, 0.25) is 0 Å². The number of fused-ring (bicyclic) bond motifs is 2. The summed E-state index contributed by atoms with van der Waals surface area (Å²) in [6, 6.07) is 3.61. The van der Waals surface area contributed by atoms with Crippen LogP contribution in [0.15, 0.2) is 24.5 Å². The largest absolute Gasteiger partial charge is 0.480 e. The van der Waals surface area contributed by atoms with Crippen LogP contribution >= 0.6 is 11.3 Å². The molecule has 0 aromatic carbocycles. The number of hydrogen-bond acceptors (Lipinski definition) is 5. The molecule has 28 heavy (non-hydrogen) atoms. The van der Waals surface area contributed by atoms with Crippen LogP contribution in [0.3, 0.4) is 0 Å². The third-order valence-electron chi connectivity index (χ3n) is 4.94. The number of aromatic nitrogens is 2. The van der Waals surface area contributed by atoms with E-state index < -0.39 is 5.91 Å². The fourth-order valence-electron chi connectivity index (χ4n) is 3.63. The smallest absolute Gasteiger partial charge is 0.262 e. The zero-order valence-corrected chi connectivity index (χ0v) is 16.6. The Labute approximate surface area is 166 Å². The lowest BCUT2D eigenvalue weighted by molar-refractivity contribution is -0.118. The summed E-state index contributed by atoms with van der Waals surface area (Å²) in [5.74, 6) is 0.262. The number of aryl methyl sites for hydroxylation is 1. The van der Waals surface area contributed by atoms with Gasteiger partial charge in [0.25, 0.3) is 11.8 Å². The first kappa shape index (κ1) is 18.5. The van der Waals surface area contributed by atoms with Gasteiger partial charge in [-0.05, 0) is 49.8 Å². The Morgan fingerprint density at radius 1 is 1.46 bits per heavy atom. The number of imidazole rings is 1. The molecule has 0 bridgehead atoms. The van der Waals surface area contributed by atoms with Gasteiger partial charge in [-0.2, -0.15) is 0 Å². The van der Waals surface area contributed by atoms with Crippen LogP contribution in [-0.2, 0) is 17.6 Å². The molecule has 0 aliphatic heterocycles. The number of thiophene rings is 1. The molecule has 3 aromatic heterocycles. The van der Waals surface area contributed by atoms with Gasteiger partial charge in [0.1, 0.15) is 5.00 Å². The minimum absolute atomic E-state index is 0.178. The molecule has 146 valence electrons. The van der Waals surface area contributed by atoms with Crippen molar-refractivity contribution < 1.29 is 14.3 Å². The summed E-state index contributed by atoms with van der Waals surface area (Å²) < 4.78 is 7.53. The number of ether oxygens (including phenoxy) is 1. The van der Waals surface area contributed by atoms with Crippen LogP contribution in [0, 0.1) is 12.8 Å². The van der Waals surface area contributed by atoms with Crippen LogP contribution < -0.4 is 15.8 Å². The van der Waals surface area contributed by atoms with Crippen molar-refractivity contribution in [1.29, 1.82) is 0 Å². The molecule has 3 N–H and O–H groups in total. The van der Waals surface area contributed by atoms with E-state index in [1.54, 1.807) is 6.07 Å². The number of rotatable bonds is 5. The predicted molar refractivity (Wildman–Crippen MR) is 108 cm³/mol. The van der Waals surface area contributed by atoms with Crippen molar-refractivity contribution in [3.63, 3.8) is 0 Å². The maximum atomic E-state index is 12.5. The Bertz CT molecular complexity index is 1070. The van der Waals surface area contributed by atoms with E-state index in [1.165, 1.54) is 11.3 Å². The topological polar surface area (TPSA) is 98.7 Å². The predicted octanol–water partition coefficient (Wildman–Crippen LogP) is 2.95. The van der Waals surface area contributed by atoms with Gasteiger partial charge < -0.3 is 20.2 Å². The molecule has 0 saturated heterocycles. The Hall–Kier alpha value is -2.87. The maximum Gasteiger partial charge on any atom is 0.262 e. The summed E-state index contributed by atoms with van der Waals surface area (Å²) in [7, 11) is 0. The fraction of sp³-hybridized carbons (Fsp3) is 0.350. The average molecular weight is 398 g/mol. The molecule has 0 radical (unpaired) electrons. The van der Waals surface area contributed by atoms with Crippen molar-refractivity contribution in [3.8, 4) is 5.75 Å². The van der Waals surface area contributed by atoms with E-state index in [9.17, 15) is 9.59 Å². The molecule has 3 aromatic rings. The van der Waals surface area contributed by atoms with Crippen LogP contribution in [-0.4, -0.2) is 27.8 Å². The highest BCUT2D eigenvalue weighted by molar-refractivity contribution is 7.17. The maximum absolute atomic E-state index is 12.5. The summed E-state index contributed by atoms with van der Waals surface area (Å²) in [5, 5.41) is 3.34. The molecule has 2 amide bonds. The van der Waals surface area contributed by atoms with Crippen LogP contribution in [0.25, 0.3) is 5.65 Å². The number of nitrogens with two attached hydrogens (primary N) is 1. The average Bonchev–Trinajstić information content (AvgIpc) is 3.18. The second kappa shape index (κ2) is 7.27. The van der Waals surface area contributed by atoms with Gasteiger partial charge in [-0.15, -0.1) is 11.3 Å². The van der Waals surface area contributed by atoms with Gasteiger partial charge >= 0.3 is 0 Å². The number of carbonyl (C=O) groups excluding carboxylic acids is 2. The lowest BCUT2D eigenvalue weighted by atomic mass is 9.88. The number of hydrogen-bond donors (Lipinski definition) is 2. The number of pyridine rings is 1. The third kappa shape index (κ3) is 3.47. The third-order valence-corrected chi connectivity index (χ3v) is 6.11. The number of nitrogens with one attached hydrogen (secondary N) is 1. The van der Waals surface area contributed by atoms with E-state index in [0.29, 0.717) is 27.9 Å². The number of carbonyl (C=O) groups is 2. The highest BCUT2D eigenvalue weighted by Crippen LogP contribution is 2.39. The Morgan fingerprint density at radius 3 is 3.07 bits per heavy atom. The molecule has 8 heteroatoms. The zero-order chi connectivity index (χ0) is 19.8. The van der Waals surface area contributed by atoms with E-state index in [1.807, 2.05) is 29.8 Å². The van der Waals surface area contributed by atoms with Gasteiger partial charge in [0, 0.05) is 17.3 Å². The van der Waals surface area contributed by atoms with Crippen molar-refractivity contribution in [3.05, 3.63) is 46.2 Å². The van der Waals surface area contributed by atoms with Crippen LogP contribution in [0.4, 0.5) is 5.00 Å². The first-order chi connectivity index (χ1) is 13.4. The molecule has 0 fully saturated rings. The monoisotopic (exact) mass is 398 g/mol. The van der Waals surface area contributed by atoms with Crippen LogP contribution in [0.5, 0.6) is 5.75 Å². The van der Waals surface area contributed by atoms with E-state index in [4.69, 9.17) is 10.5 Å². The van der Waals surface area contributed by atoms with Crippen molar-refractivity contribution in [2.45, 2.75) is 33.1 Å². The molecular formula is C20H22N4O3S. The summed E-state index contributed by atoms with van der Waals surface area (Å²) in [4.78, 5) is 30.0.